The van der Waals surface area contributed by atoms with E-state index in [2.05, 4.69) is 31.4 Å². The van der Waals surface area contributed by atoms with Gasteiger partial charge in [0.05, 0.1) is 33.5 Å². The second-order valence-corrected chi connectivity index (χ2v) is 16.6. The van der Waals surface area contributed by atoms with Crippen molar-refractivity contribution >= 4 is 23.5 Å². The normalized spacial score (nSPS) is 26.4. The SMILES string of the molecule is COC(=O)[C@H](Cc1ccccc1)NC(=O)c1cc(-c2cccc(CN3O[C@@H](CO)[C@@H]([C@H](C)O)[C@H]3C(=O)N[C@H]3C[C@H]4C[C@@H]([C@@H]3C)C4(C)C)c2OC)cc(N(C)C)c1. The number of hydroxylamine groups is 2. The molecule has 2 amide bonds. The lowest BCUT2D eigenvalue weighted by atomic mass is 9.45. The van der Waals surface area contributed by atoms with Crippen LogP contribution in [0, 0.1) is 29.1 Å². The summed E-state index contributed by atoms with van der Waals surface area (Å²) in [6.45, 7) is 8.25. The lowest BCUT2D eigenvalue weighted by Gasteiger charge is -2.62. The molecule has 0 unspecified atom stereocenters. The van der Waals surface area contributed by atoms with Gasteiger partial charge in [-0.2, -0.15) is 5.06 Å². The molecule has 1 aliphatic heterocycles. The lowest BCUT2D eigenvalue weighted by Crippen LogP contribution is -2.62. The van der Waals surface area contributed by atoms with Crippen molar-refractivity contribution in [2.75, 3.05) is 39.8 Å². The summed E-state index contributed by atoms with van der Waals surface area (Å²) in [5.74, 6) is 0.0139. The molecule has 1 saturated heterocycles. The Morgan fingerprint density at radius 1 is 1.04 bits per heavy atom. The second kappa shape index (κ2) is 16.9. The number of para-hydroxylation sites is 1. The number of methoxy groups -OCH3 is 2. The van der Waals surface area contributed by atoms with Crippen LogP contribution < -0.4 is 20.3 Å². The first-order chi connectivity index (χ1) is 26.7. The maximum atomic E-state index is 14.3. The molecule has 9 atom stereocenters. The number of hydrogen-bond donors (Lipinski definition) is 4. The van der Waals surface area contributed by atoms with E-state index in [1.165, 1.54) is 13.5 Å². The van der Waals surface area contributed by atoms with Crippen molar-refractivity contribution in [3.8, 4) is 16.9 Å². The molecule has 7 rings (SSSR count). The number of fused-ring (bicyclic) bond motifs is 2. The third-order valence-corrected chi connectivity index (χ3v) is 12.8. The summed E-state index contributed by atoms with van der Waals surface area (Å²) < 4.78 is 11.1. The highest BCUT2D eigenvalue weighted by Gasteiger charge is 2.57. The van der Waals surface area contributed by atoms with Gasteiger partial charge >= 0.3 is 5.97 Å². The summed E-state index contributed by atoms with van der Waals surface area (Å²) in [6, 6.07) is 18.8. The van der Waals surface area contributed by atoms with Crippen LogP contribution >= 0.6 is 0 Å². The molecule has 4 N–H and O–H groups in total. The fourth-order valence-corrected chi connectivity index (χ4v) is 9.41. The predicted molar refractivity (Wildman–Crippen MR) is 214 cm³/mol. The van der Waals surface area contributed by atoms with Crippen molar-refractivity contribution in [2.24, 2.45) is 29.1 Å². The number of rotatable bonds is 14. The van der Waals surface area contributed by atoms with Crippen molar-refractivity contribution in [3.63, 3.8) is 0 Å². The van der Waals surface area contributed by atoms with Crippen LogP contribution in [-0.2, 0) is 32.1 Å². The third-order valence-electron chi connectivity index (χ3n) is 12.8. The summed E-state index contributed by atoms with van der Waals surface area (Å²) in [5.41, 5.74) is 4.32. The van der Waals surface area contributed by atoms with Gasteiger partial charge in [-0.25, -0.2) is 4.79 Å². The third kappa shape index (κ3) is 8.16. The number of carbonyl (C=O) groups excluding carboxylic acids is 3. The zero-order valence-corrected chi connectivity index (χ0v) is 33.8. The number of hydrogen-bond acceptors (Lipinski definition) is 10. The van der Waals surface area contributed by atoms with Gasteiger partial charge in [0.25, 0.3) is 5.91 Å². The first-order valence-corrected chi connectivity index (χ1v) is 19.6. The Kier molecular flexibility index (Phi) is 12.4. The molecule has 0 spiro atoms. The van der Waals surface area contributed by atoms with Gasteiger partial charge in [0.15, 0.2) is 0 Å². The molecule has 56 heavy (non-hydrogen) atoms. The maximum Gasteiger partial charge on any atom is 0.328 e. The molecule has 3 aliphatic carbocycles. The van der Waals surface area contributed by atoms with E-state index in [4.69, 9.17) is 14.3 Å². The van der Waals surface area contributed by atoms with E-state index in [9.17, 15) is 24.6 Å². The van der Waals surface area contributed by atoms with Gasteiger partial charge in [-0.15, -0.1) is 0 Å². The number of ether oxygens (including phenoxy) is 2. The van der Waals surface area contributed by atoms with Crippen LogP contribution in [0.15, 0.2) is 66.7 Å². The van der Waals surface area contributed by atoms with E-state index in [1.807, 2.05) is 73.6 Å². The smallest absolute Gasteiger partial charge is 0.328 e. The van der Waals surface area contributed by atoms with Gasteiger partial charge in [0.2, 0.25) is 5.91 Å². The minimum Gasteiger partial charge on any atom is -0.496 e. The van der Waals surface area contributed by atoms with Gasteiger partial charge in [0.1, 0.15) is 23.9 Å². The van der Waals surface area contributed by atoms with Gasteiger partial charge in [-0.1, -0.05) is 69.3 Å². The van der Waals surface area contributed by atoms with E-state index in [-0.39, 0.29) is 36.9 Å². The number of nitrogens with one attached hydrogen (secondary N) is 2. The van der Waals surface area contributed by atoms with E-state index >= 15 is 0 Å². The van der Waals surface area contributed by atoms with Crippen LogP contribution in [0.5, 0.6) is 5.75 Å². The van der Waals surface area contributed by atoms with E-state index in [1.54, 1.807) is 31.2 Å². The fourth-order valence-electron chi connectivity index (χ4n) is 9.41. The number of carbonyl (C=O) groups is 3. The van der Waals surface area contributed by atoms with Crippen molar-refractivity contribution < 1.29 is 38.9 Å². The van der Waals surface area contributed by atoms with Gasteiger partial charge in [-0.05, 0) is 72.3 Å². The monoisotopic (exact) mass is 770 g/mol. The molecule has 0 aromatic heterocycles. The molecule has 4 aliphatic rings. The first-order valence-electron chi connectivity index (χ1n) is 19.6. The number of nitrogens with zero attached hydrogens (tertiary/aromatic N) is 2. The first kappa shape index (κ1) is 41.2. The van der Waals surface area contributed by atoms with Crippen LogP contribution in [0.25, 0.3) is 11.1 Å². The Hall–Kier alpha value is -4.49. The second-order valence-electron chi connectivity index (χ2n) is 16.6. The Morgan fingerprint density at radius 3 is 2.38 bits per heavy atom. The Bertz CT molecular complexity index is 1880. The summed E-state index contributed by atoms with van der Waals surface area (Å²) in [7, 11) is 6.63. The van der Waals surface area contributed by atoms with E-state index in [0.29, 0.717) is 45.8 Å². The number of benzene rings is 3. The van der Waals surface area contributed by atoms with Gasteiger partial charge < -0.3 is 35.2 Å². The van der Waals surface area contributed by atoms with E-state index in [0.717, 1.165) is 17.7 Å². The average molecular weight is 771 g/mol. The Morgan fingerprint density at radius 2 is 1.77 bits per heavy atom. The molecule has 2 bridgehead atoms. The molecule has 3 aromatic carbocycles. The minimum atomic E-state index is -0.929. The predicted octanol–water partition coefficient (Wildman–Crippen LogP) is 4.60. The minimum absolute atomic E-state index is 0.0124. The van der Waals surface area contributed by atoms with Crippen molar-refractivity contribution in [1.82, 2.24) is 15.7 Å². The Balaban J connectivity index is 1.29. The lowest BCUT2D eigenvalue weighted by molar-refractivity contribution is -0.183. The summed E-state index contributed by atoms with van der Waals surface area (Å²) >= 11 is 0. The Labute approximate surface area is 330 Å². The highest BCUT2D eigenvalue weighted by Crippen LogP contribution is 2.61. The molecule has 0 radical (unpaired) electrons. The summed E-state index contributed by atoms with van der Waals surface area (Å²) in [4.78, 5) is 49.1. The van der Waals surface area contributed by atoms with Crippen LogP contribution in [0.1, 0.15) is 62.0 Å². The van der Waals surface area contributed by atoms with Gasteiger partial charge in [0, 0.05) is 54.9 Å². The number of amides is 2. The topological polar surface area (TPSA) is 150 Å². The molecule has 1 heterocycles. The summed E-state index contributed by atoms with van der Waals surface area (Å²) in [5, 5.41) is 29.1. The average Bonchev–Trinajstić information content (AvgIpc) is 3.56. The molecule has 12 heteroatoms. The standard InChI is InChI=1S/C44H58N4O8/c1-25-34-21-31(44(34,3)4)22-35(25)45-42(52)39-38(26(2)50)37(24-49)56-48(39)23-28-15-12-16-33(40(28)54-7)29-18-30(20-32(19-29)47(5)6)41(51)46-36(43(53)55-8)17-27-13-10-9-11-14-27/h9-16,18-20,25-26,31,34-39,49-50H,17,21-24H2,1-8H3,(H,45,52)(H,46,51)/t25-,26-,31+,34-,35-,36-,37-,38+,39-/m0/s1. The van der Waals surface area contributed by atoms with Crippen LogP contribution in [0.2, 0.25) is 0 Å². The molecular formula is C44H58N4O8. The van der Waals surface area contributed by atoms with E-state index < -0.39 is 42.1 Å². The number of aliphatic hydroxyl groups is 2. The highest BCUT2D eigenvalue weighted by molar-refractivity contribution is 5.99. The molecule has 12 nitrogen and oxygen atoms in total. The van der Waals surface area contributed by atoms with Crippen LogP contribution in [0.3, 0.4) is 0 Å². The summed E-state index contributed by atoms with van der Waals surface area (Å²) in [6.07, 6.45) is 0.639. The fraction of sp³-hybridized carbons (Fsp3) is 0.523. The zero-order valence-electron chi connectivity index (χ0n) is 33.8. The number of aliphatic hydroxyl groups excluding tert-OH is 2. The largest absolute Gasteiger partial charge is 0.496 e. The molecule has 3 aromatic rings. The zero-order chi connectivity index (χ0) is 40.5. The molecular weight excluding hydrogens is 713 g/mol. The number of anilines is 1. The van der Waals surface area contributed by atoms with Crippen LogP contribution in [0.4, 0.5) is 5.69 Å². The molecule has 3 saturated carbocycles. The van der Waals surface area contributed by atoms with Crippen LogP contribution in [-0.4, -0.2) is 98.3 Å². The highest BCUT2D eigenvalue weighted by atomic mass is 16.7. The van der Waals surface area contributed by atoms with Crippen molar-refractivity contribution in [1.29, 1.82) is 0 Å². The maximum absolute atomic E-state index is 14.3. The quantitative estimate of drug-likeness (QED) is 0.172. The number of esters is 1. The molecule has 302 valence electrons. The van der Waals surface area contributed by atoms with Gasteiger partial charge in [-0.3, -0.25) is 14.4 Å². The van der Waals surface area contributed by atoms with Crippen molar-refractivity contribution in [3.05, 3.63) is 83.4 Å². The van der Waals surface area contributed by atoms with Crippen molar-refractivity contribution in [2.45, 2.75) is 83.8 Å². The molecule has 4 fully saturated rings.